The highest BCUT2D eigenvalue weighted by atomic mass is 16.5. The second-order valence-corrected chi connectivity index (χ2v) is 4.23. The third-order valence-electron chi connectivity index (χ3n) is 3.07. The summed E-state index contributed by atoms with van der Waals surface area (Å²) in [5.41, 5.74) is 0. The fraction of sp³-hybridized carbons (Fsp3) is 0.455. The fourth-order valence-corrected chi connectivity index (χ4v) is 2.13. The van der Waals surface area contributed by atoms with Gasteiger partial charge in [0.2, 0.25) is 11.7 Å². The number of Topliss-reactive ketones (excluding diaryl/α,β-unsaturated/α-hetero) is 1. The zero-order chi connectivity index (χ0) is 11.8. The van der Waals surface area contributed by atoms with Crippen LogP contribution in [0.3, 0.4) is 0 Å². The Morgan fingerprint density at radius 1 is 1.53 bits per heavy atom. The molecule has 17 heavy (non-hydrogen) atoms. The maximum absolute atomic E-state index is 11.6. The van der Waals surface area contributed by atoms with Gasteiger partial charge in [-0.15, -0.1) is 0 Å². The topological polar surface area (TPSA) is 73.8 Å². The fourth-order valence-electron chi connectivity index (χ4n) is 2.13. The average molecular weight is 232 g/mol. The van der Waals surface area contributed by atoms with Crippen LogP contribution in [0.1, 0.15) is 31.1 Å². The first-order valence-corrected chi connectivity index (χ1v) is 5.59. The summed E-state index contributed by atoms with van der Waals surface area (Å²) in [5, 5.41) is 3.88. The molecule has 0 bridgehead atoms. The molecule has 0 aliphatic heterocycles. The van der Waals surface area contributed by atoms with Crippen molar-refractivity contribution in [3.8, 4) is 11.6 Å². The number of hydrogen-bond donors (Lipinski definition) is 0. The third-order valence-corrected chi connectivity index (χ3v) is 3.07. The van der Waals surface area contributed by atoms with Crippen LogP contribution in [-0.4, -0.2) is 25.5 Å². The summed E-state index contributed by atoms with van der Waals surface area (Å²) in [6.07, 6.45) is 5.81. The van der Waals surface area contributed by atoms with E-state index in [1.165, 1.54) is 0 Å². The maximum Gasteiger partial charge on any atom is 0.238 e. The maximum atomic E-state index is 11.6. The summed E-state index contributed by atoms with van der Waals surface area (Å²) < 4.78 is 6.97. The van der Waals surface area contributed by atoms with E-state index in [2.05, 4.69) is 15.1 Å². The normalized spacial score (nSPS) is 20.1. The van der Waals surface area contributed by atoms with Gasteiger partial charge in [-0.2, -0.15) is 4.98 Å². The van der Waals surface area contributed by atoms with Crippen molar-refractivity contribution in [1.82, 2.24) is 19.7 Å². The molecule has 2 aromatic rings. The Bertz CT molecular complexity index is 557. The Morgan fingerprint density at radius 3 is 3.06 bits per heavy atom. The van der Waals surface area contributed by atoms with Gasteiger partial charge in [0.05, 0.1) is 5.92 Å². The molecule has 0 amide bonds. The molecule has 1 aliphatic carbocycles. The molecule has 1 saturated carbocycles. The number of rotatable bonds is 2. The van der Waals surface area contributed by atoms with Crippen molar-refractivity contribution in [2.24, 2.45) is 7.05 Å². The molecule has 0 aromatic carbocycles. The van der Waals surface area contributed by atoms with Crippen molar-refractivity contribution in [3.05, 3.63) is 18.3 Å². The van der Waals surface area contributed by atoms with Gasteiger partial charge in [-0.3, -0.25) is 4.79 Å². The van der Waals surface area contributed by atoms with Crippen molar-refractivity contribution in [1.29, 1.82) is 0 Å². The van der Waals surface area contributed by atoms with Gasteiger partial charge in [0.25, 0.3) is 0 Å². The van der Waals surface area contributed by atoms with Crippen LogP contribution >= 0.6 is 0 Å². The Kier molecular flexibility index (Phi) is 2.28. The number of hydrogen-bond acceptors (Lipinski definition) is 5. The zero-order valence-corrected chi connectivity index (χ0v) is 9.46. The van der Waals surface area contributed by atoms with Gasteiger partial charge in [-0.1, -0.05) is 5.16 Å². The molecule has 88 valence electrons. The van der Waals surface area contributed by atoms with E-state index in [0.717, 1.165) is 12.8 Å². The van der Waals surface area contributed by atoms with Gasteiger partial charge < -0.3 is 9.09 Å². The first kappa shape index (κ1) is 10.2. The lowest BCUT2D eigenvalue weighted by Gasteiger charge is -1.98. The van der Waals surface area contributed by atoms with Gasteiger partial charge in [0.1, 0.15) is 5.78 Å². The second-order valence-electron chi connectivity index (χ2n) is 4.23. The smallest absolute Gasteiger partial charge is 0.238 e. The minimum atomic E-state index is -0.212. The standard InChI is InChI=1S/C11H12N4O2/c1-15-6-5-12-10(15)9-13-11(17-14-9)7-3-2-4-8(7)16/h5-7H,2-4H2,1H3. The monoisotopic (exact) mass is 232 g/mol. The molecule has 1 atom stereocenters. The number of ketones is 1. The van der Waals surface area contributed by atoms with Crippen LogP contribution in [0, 0.1) is 0 Å². The number of imidazole rings is 1. The van der Waals surface area contributed by atoms with Gasteiger partial charge in [0, 0.05) is 25.9 Å². The van der Waals surface area contributed by atoms with Crippen molar-refractivity contribution in [2.75, 3.05) is 0 Å². The molecule has 0 spiro atoms. The highest BCUT2D eigenvalue weighted by Gasteiger charge is 2.31. The molecule has 2 heterocycles. The molecule has 3 rings (SSSR count). The van der Waals surface area contributed by atoms with E-state index in [9.17, 15) is 4.79 Å². The number of aryl methyl sites for hydroxylation is 1. The SMILES string of the molecule is Cn1ccnc1-c1noc(C2CCCC2=O)n1. The van der Waals surface area contributed by atoms with Gasteiger partial charge in [-0.05, 0) is 12.8 Å². The van der Waals surface area contributed by atoms with E-state index in [4.69, 9.17) is 4.52 Å². The highest BCUT2D eigenvalue weighted by Crippen LogP contribution is 2.30. The number of carbonyl (C=O) groups excluding carboxylic acids is 1. The molecule has 1 aliphatic rings. The van der Waals surface area contributed by atoms with Gasteiger partial charge >= 0.3 is 0 Å². The Morgan fingerprint density at radius 2 is 2.41 bits per heavy atom. The van der Waals surface area contributed by atoms with Gasteiger partial charge in [-0.25, -0.2) is 4.98 Å². The molecule has 0 saturated heterocycles. The molecule has 0 radical (unpaired) electrons. The first-order valence-electron chi connectivity index (χ1n) is 5.59. The van der Waals surface area contributed by atoms with Crippen LogP contribution in [-0.2, 0) is 11.8 Å². The highest BCUT2D eigenvalue weighted by molar-refractivity contribution is 5.86. The lowest BCUT2D eigenvalue weighted by Crippen LogP contribution is -2.04. The summed E-state index contributed by atoms with van der Waals surface area (Å²) in [6, 6.07) is 0. The van der Waals surface area contributed by atoms with Crippen LogP contribution in [0.4, 0.5) is 0 Å². The number of nitrogens with zero attached hydrogens (tertiary/aromatic N) is 4. The summed E-state index contributed by atoms with van der Waals surface area (Å²) in [5.74, 6) is 1.49. The Hall–Kier alpha value is -1.98. The van der Waals surface area contributed by atoms with E-state index < -0.39 is 0 Å². The van der Waals surface area contributed by atoms with Crippen LogP contribution in [0.2, 0.25) is 0 Å². The predicted octanol–water partition coefficient (Wildman–Crippen LogP) is 1.31. The van der Waals surface area contributed by atoms with Crippen LogP contribution in [0.25, 0.3) is 11.6 Å². The molecule has 0 N–H and O–H groups in total. The minimum Gasteiger partial charge on any atom is -0.338 e. The molecule has 6 heteroatoms. The van der Waals surface area contributed by atoms with Crippen LogP contribution in [0.15, 0.2) is 16.9 Å². The second kappa shape index (κ2) is 3.80. The molecular weight excluding hydrogens is 220 g/mol. The van der Waals surface area contributed by atoms with Crippen LogP contribution < -0.4 is 0 Å². The van der Waals surface area contributed by atoms with Crippen LogP contribution in [0.5, 0.6) is 0 Å². The predicted molar refractivity (Wildman–Crippen MR) is 58.1 cm³/mol. The Balaban J connectivity index is 1.93. The summed E-state index contributed by atoms with van der Waals surface area (Å²) in [4.78, 5) is 20.0. The largest absolute Gasteiger partial charge is 0.338 e. The minimum absolute atomic E-state index is 0.194. The van der Waals surface area contributed by atoms with E-state index >= 15 is 0 Å². The first-order chi connectivity index (χ1) is 8.25. The number of aromatic nitrogens is 4. The number of carbonyl (C=O) groups is 1. The van der Waals surface area contributed by atoms with Gasteiger partial charge in [0.15, 0.2) is 5.82 Å². The summed E-state index contributed by atoms with van der Waals surface area (Å²) >= 11 is 0. The van der Waals surface area contributed by atoms with Crippen molar-refractivity contribution < 1.29 is 9.32 Å². The molecular formula is C11H12N4O2. The summed E-state index contributed by atoms with van der Waals surface area (Å²) in [6.45, 7) is 0. The Labute approximate surface area is 97.7 Å². The molecule has 2 aromatic heterocycles. The van der Waals surface area contributed by atoms with E-state index in [0.29, 0.717) is 24.0 Å². The van der Waals surface area contributed by atoms with E-state index in [-0.39, 0.29) is 11.7 Å². The summed E-state index contributed by atoms with van der Waals surface area (Å²) in [7, 11) is 1.86. The van der Waals surface area contributed by atoms with Crippen molar-refractivity contribution in [3.63, 3.8) is 0 Å². The van der Waals surface area contributed by atoms with Crippen molar-refractivity contribution in [2.45, 2.75) is 25.2 Å². The van der Waals surface area contributed by atoms with E-state index in [1.807, 2.05) is 17.8 Å². The molecule has 1 fully saturated rings. The quantitative estimate of drug-likeness (QED) is 0.780. The van der Waals surface area contributed by atoms with E-state index in [1.54, 1.807) is 6.20 Å². The average Bonchev–Trinajstić information content (AvgIpc) is 2.97. The molecule has 6 nitrogen and oxygen atoms in total. The lowest BCUT2D eigenvalue weighted by atomic mass is 10.1. The van der Waals surface area contributed by atoms with Crippen molar-refractivity contribution >= 4 is 5.78 Å². The zero-order valence-electron chi connectivity index (χ0n) is 9.46. The molecule has 1 unspecified atom stereocenters. The lowest BCUT2D eigenvalue weighted by molar-refractivity contribution is -0.119. The third kappa shape index (κ3) is 1.65.